The zero-order chi connectivity index (χ0) is 31.9. The van der Waals surface area contributed by atoms with E-state index in [0.717, 1.165) is 51.2 Å². The van der Waals surface area contributed by atoms with E-state index in [4.69, 9.17) is 5.73 Å². The third-order valence-electron chi connectivity index (χ3n) is 8.32. The van der Waals surface area contributed by atoms with Gasteiger partial charge in [-0.15, -0.1) is 0 Å². The average molecular weight is 613 g/mol. The fraction of sp³-hybridized carbons (Fsp3) is 0.257. The minimum Gasteiger partial charge on any atom is -0.377 e. The van der Waals surface area contributed by atoms with Crippen LogP contribution in [0.15, 0.2) is 91.0 Å². The van der Waals surface area contributed by atoms with Gasteiger partial charge in [-0.3, -0.25) is 9.69 Å². The van der Waals surface area contributed by atoms with Gasteiger partial charge in [0.1, 0.15) is 5.69 Å². The molecule has 0 spiro atoms. The Morgan fingerprint density at radius 2 is 1.69 bits per heavy atom. The topological polar surface area (TPSA) is 79.4 Å². The number of nitrogens with two attached hydrogens (primary N) is 1. The molecule has 4 aromatic carbocycles. The molecule has 0 saturated heterocycles. The Morgan fingerprint density at radius 1 is 0.956 bits per heavy atom. The molecule has 5 aromatic rings. The summed E-state index contributed by atoms with van der Waals surface area (Å²) in [7, 11) is 6.18. The summed E-state index contributed by atoms with van der Waals surface area (Å²) in [5.41, 5.74) is 9.07. The zero-order valence-electron chi connectivity index (χ0n) is 25.3. The zero-order valence-corrected chi connectivity index (χ0v) is 25.3. The van der Waals surface area contributed by atoms with E-state index in [1.165, 1.54) is 0 Å². The molecule has 1 aliphatic carbocycles. The number of fused-ring (bicyclic) bond motifs is 1. The lowest BCUT2D eigenvalue weighted by Gasteiger charge is -2.31. The van der Waals surface area contributed by atoms with Crippen molar-refractivity contribution in [2.45, 2.75) is 37.6 Å². The fourth-order valence-electron chi connectivity index (χ4n) is 5.94. The molecule has 1 saturated carbocycles. The number of anilines is 2. The number of carbonyl (C=O) groups is 1. The van der Waals surface area contributed by atoms with E-state index in [1.54, 1.807) is 30.3 Å². The van der Waals surface area contributed by atoms with Crippen molar-refractivity contribution in [1.29, 1.82) is 0 Å². The number of benzene rings is 4. The van der Waals surface area contributed by atoms with Crippen molar-refractivity contribution in [3.05, 3.63) is 119 Å². The largest absolute Gasteiger partial charge is 0.435 e. The molecule has 10 heteroatoms. The number of nitrogens with zero attached hydrogens (tertiary/aromatic N) is 4. The molecule has 0 aliphatic heterocycles. The molecule has 1 fully saturated rings. The molecule has 1 aromatic heterocycles. The van der Waals surface area contributed by atoms with Crippen molar-refractivity contribution < 1.29 is 18.0 Å². The number of nitrogens with one attached hydrogen (secondary N) is 1. The van der Waals surface area contributed by atoms with E-state index >= 15 is 0 Å². The number of rotatable bonds is 9. The van der Waals surface area contributed by atoms with Crippen LogP contribution in [0.25, 0.3) is 16.5 Å². The summed E-state index contributed by atoms with van der Waals surface area (Å²) in [6, 6.07) is 27.9. The number of halogens is 3. The predicted molar refractivity (Wildman–Crippen MR) is 172 cm³/mol. The summed E-state index contributed by atoms with van der Waals surface area (Å²) in [6.07, 6.45) is -2.51. The van der Waals surface area contributed by atoms with Crippen LogP contribution in [0.4, 0.5) is 24.5 Å². The van der Waals surface area contributed by atoms with Crippen molar-refractivity contribution in [2.24, 2.45) is 5.73 Å². The quantitative estimate of drug-likeness (QED) is 0.187. The second kappa shape index (κ2) is 12.0. The van der Waals surface area contributed by atoms with Crippen LogP contribution in [0.2, 0.25) is 0 Å². The molecular formula is C35H35F3N6O. The Hall–Kier alpha value is -4.67. The molecule has 1 unspecified atom stereocenters. The molecule has 7 nitrogen and oxygen atoms in total. The van der Waals surface area contributed by atoms with Gasteiger partial charge in [0.05, 0.1) is 11.7 Å². The van der Waals surface area contributed by atoms with Gasteiger partial charge in [-0.25, -0.2) is 4.68 Å². The highest BCUT2D eigenvalue weighted by Gasteiger charge is 2.37. The van der Waals surface area contributed by atoms with Crippen molar-refractivity contribution >= 4 is 28.1 Å². The van der Waals surface area contributed by atoms with Crippen LogP contribution < -0.4 is 16.0 Å². The molecule has 1 aliphatic rings. The SMILES string of the molecule is CN(C)c1ccc(C(c2cccc(NC(=O)c3cc(C(F)(F)F)nn3-c3cccc(CN)c3)c2)N(C)C2CC2)c2ccccc12. The molecule has 0 radical (unpaired) electrons. The number of alkyl halides is 3. The van der Waals surface area contributed by atoms with Gasteiger partial charge < -0.3 is 16.0 Å². The van der Waals surface area contributed by atoms with Gasteiger partial charge >= 0.3 is 6.18 Å². The van der Waals surface area contributed by atoms with Gasteiger partial charge in [0.15, 0.2) is 5.69 Å². The summed E-state index contributed by atoms with van der Waals surface area (Å²) in [6.45, 7) is 0.194. The maximum atomic E-state index is 13.7. The molecule has 45 heavy (non-hydrogen) atoms. The molecule has 1 atom stereocenters. The average Bonchev–Trinajstić information content (AvgIpc) is 3.77. The third kappa shape index (κ3) is 6.16. The van der Waals surface area contributed by atoms with Crippen LogP contribution in [-0.2, 0) is 12.7 Å². The maximum absolute atomic E-state index is 13.7. The minimum atomic E-state index is -4.73. The summed E-state index contributed by atoms with van der Waals surface area (Å²) >= 11 is 0. The van der Waals surface area contributed by atoms with Gasteiger partial charge in [-0.05, 0) is 72.3 Å². The lowest BCUT2D eigenvalue weighted by Crippen LogP contribution is -2.28. The number of hydrogen-bond acceptors (Lipinski definition) is 5. The third-order valence-corrected chi connectivity index (χ3v) is 8.32. The van der Waals surface area contributed by atoms with Gasteiger partial charge in [0.25, 0.3) is 5.91 Å². The molecule has 3 N–H and O–H groups in total. The smallest absolute Gasteiger partial charge is 0.377 e. The van der Waals surface area contributed by atoms with Crippen molar-refractivity contribution in [1.82, 2.24) is 14.7 Å². The minimum absolute atomic E-state index is 0.114. The van der Waals surface area contributed by atoms with E-state index in [0.29, 0.717) is 23.0 Å². The molecule has 1 heterocycles. The number of hydrogen-bond donors (Lipinski definition) is 2. The van der Waals surface area contributed by atoms with Gasteiger partial charge in [-0.2, -0.15) is 18.3 Å². The summed E-state index contributed by atoms with van der Waals surface area (Å²) in [5.74, 6) is -0.707. The lowest BCUT2D eigenvalue weighted by atomic mass is 9.91. The Labute approximate surface area is 260 Å². The lowest BCUT2D eigenvalue weighted by molar-refractivity contribution is -0.141. The highest BCUT2D eigenvalue weighted by molar-refractivity contribution is 6.03. The summed E-state index contributed by atoms with van der Waals surface area (Å²) in [5, 5.41) is 8.87. The molecular weight excluding hydrogens is 577 g/mol. The Morgan fingerprint density at radius 3 is 2.38 bits per heavy atom. The van der Waals surface area contributed by atoms with Crippen molar-refractivity contribution in [2.75, 3.05) is 31.4 Å². The predicted octanol–water partition coefficient (Wildman–Crippen LogP) is 7.00. The van der Waals surface area contributed by atoms with E-state index in [2.05, 4.69) is 51.5 Å². The van der Waals surface area contributed by atoms with Crippen LogP contribution in [-0.4, -0.2) is 47.8 Å². The van der Waals surface area contributed by atoms with E-state index < -0.39 is 17.8 Å². The first kappa shape index (κ1) is 30.4. The molecule has 6 rings (SSSR count). The van der Waals surface area contributed by atoms with Crippen LogP contribution in [0.3, 0.4) is 0 Å². The second-order valence-electron chi connectivity index (χ2n) is 11.7. The summed E-state index contributed by atoms with van der Waals surface area (Å²) in [4.78, 5) is 18.1. The van der Waals surface area contributed by atoms with Crippen LogP contribution in [0.5, 0.6) is 0 Å². The second-order valence-corrected chi connectivity index (χ2v) is 11.7. The summed E-state index contributed by atoms with van der Waals surface area (Å²) < 4.78 is 42.2. The van der Waals surface area contributed by atoms with Gasteiger partial charge in [-0.1, -0.05) is 54.6 Å². The monoisotopic (exact) mass is 612 g/mol. The van der Waals surface area contributed by atoms with Crippen LogP contribution in [0, 0.1) is 0 Å². The molecule has 1 amide bonds. The highest BCUT2D eigenvalue weighted by atomic mass is 19.4. The number of aromatic nitrogens is 2. The first-order valence-electron chi connectivity index (χ1n) is 14.8. The number of carbonyl (C=O) groups excluding carboxylic acids is 1. The molecule has 0 bridgehead atoms. The van der Waals surface area contributed by atoms with Crippen LogP contribution >= 0.6 is 0 Å². The Balaban J connectivity index is 1.38. The Kier molecular flexibility index (Phi) is 8.11. The van der Waals surface area contributed by atoms with E-state index in [1.807, 2.05) is 44.4 Å². The van der Waals surface area contributed by atoms with Crippen LogP contribution in [0.1, 0.15) is 51.8 Å². The van der Waals surface area contributed by atoms with Crippen molar-refractivity contribution in [3.8, 4) is 5.69 Å². The van der Waals surface area contributed by atoms with E-state index in [9.17, 15) is 18.0 Å². The number of amides is 1. The maximum Gasteiger partial charge on any atom is 0.435 e. The highest BCUT2D eigenvalue weighted by Crippen LogP contribution is 2.41. The van der Waals surface area contributed by atoms with Gasteiger partial charge in [0, 0.05) is 49.5 Å². The fourth-order valence-corrected chi connectivity index (χ4v) is 5.94. The standard InChI is InChI=1S/C35H35F3N6O/c1-42(2)30-17-16-29(27-12-4-5-13-28(27)30)33(43(3)25-14-15-25)23-9-7-10-24(19-23)40-34(45)31-20-32(35(36,37)38)41-44(31)26-11-6-8-22(18-26)21-39/h4-13,16-20,25,33H,14-15,21,39H2,1-3H3,(H,40,45). The normalized spacial score (nSPS) is 14.1. The first-order chi connectivity index (χ1) is 21.5. The van der Waals surface area contributed by atoms with Crippen molar-refractivity contribution in [3.63, 3.8) is 0 Å². The first-order valence-corrected chi connectivity index (χ1v) is 14.8. The van der Waals surface area contributed by atoms with E-state index in [-0.39, 0.29) is 18.3 Å². The van der Waals surface area contributed by atoms with Gasteiger partial charge in [0.2, 0.25) is 0 Å². The molecule has 232 valence electrons. The Bertz CT molecular complexity index is 1860.